The molecule has 2 aromatic heterocycles. The maximum absolute atomic E-state index is 5.00. The van der Waals surface area contributed by atoms with Gasteiger partial charge in [0.25, 0.3) is 0 Å². The molecule has 6 heteroatoms. The minimum atomic E-state index is 0.686. The summed E-state index contributed by atoms with van der Waals surface area (Å²) in [5.41, 5.74) is 4.07. The lowest BCUT2D eigenvalue weighted by Crippen LogP contribution is -2.31. The molecule has 150 valence electrons. The minimum Gasteiger partial charge on any atom is -0.372 e. The van der Waals surface area contributed by atoms with Crippen molar-refractivity contribution in [2.24, 2.45) is 4.99 Å². The number of rotatable bonds is 6. The van der Waals surface area contributed by atoms with Crippen LogP contribution in [0.5, 0.6) is 0 Å². The molecule has 0 unspecified atom stereocenters. The van der Waals surface area contributed by atoms with E-state index in [0.29, 0.717) is 5.82 Å². The van der Waals surface area contributed by atoms with E-state index in [-0.39, 0.29) is 0 Å². The molecule has 0 fully saturated rings. The Morgan fingerprint density at radius 1 is 1.28 bits per heavy atom. The fourth-order valence-corrected chi connectivity index (χ4v) is 3.33. The van der Waals surface area contributed by atoms with Crippen molar-refractivity contribution in [3.05, 3.63) is 73.1 Å². The van der Waals surface area contributed by atoms with Crippen LogP contribution in [0.4, 0.5) is 11.5 Å². The quantitative estimate of drug-likeness (QED) is 0.591. The molecular formula is C23H28N6. The Morgan fingerprint density at radius 3 is 2.83 bits per heavy atom. The van der Waals surface area contributed by atoms with Crippen LogP contribution < -0.4 is 15.1 Å². The zero-order chi connectivity index (χ0) is 20.8. The van der Waals surface area contributed by atoms with E-state index in [1.807, 2.05) is 32.3 Å². The first-order valence-electron chi connectivity index (χ1n) is 9.72. The Bertz CT molecular complexity index is 960. The molecule has 0 atom stereocenters. The number of pyridine rings is 2. The summed E-state index contributed by atoms with van der Waals surface area (Å²) in [5, 5.41) is 3.29. The summed E-state index contributed by atoms with van der Waals surface area (Å²) in [6.07, 6.45) is 9.94. The number of aryl methyl sites for hydroxylation is 1. The van der Waals surface area contributed by atoms with E-state index in [4.69, 9.17) is 4.98 Å². The van der Waals surface area contributed by atoms with Crippen LogP contribution in [0.2, 0.25) is 0 Å². The third kappa shape index (κ3) is 4.71. The molecule has 3 heterocycles. The van der Waals surface area contributed by atoms with E-state index >= 15 is 0 Å². The van der Waals surface area contributed by atoms with Crippen LogP contribution in [-0.4, -0.2) is 36.3 Å². The highest BCUT2D eigenvalue weighted by Crippen LogP contribution is 2.34. The number of aliphatic imine (C=N–C) groups is 1. The van der Waals surface area contributed by atoms with E-state index in [0.717, 1.165) is 53.7 Å². The Kier molecular flexibility index (Phi) is 6.44. The van der Waals surface area contributed by atoms with Gasteiger partial charge in [0.15, 0.2) is 5.82 Å². The fraction of sp³-hybridized carbons (Fsp3) is 0.261. The molecule has 3 rings (SSSR count). The van der Waals surface area contributed by atoms with Gasteiger partial charge in [-0.1, -0.05) is 19.2 Å². The molecule has 0 saturated carbocycles. The number of nitrogens with one attached hydrogen (secondary N) is 1. The lowest BCUT2D eigenvalue weighted by atomic mass is 10.1. The number of hydrogen-bond acceptors (Lipinski definition) is 6. The Labute approximate surface area is 173 Å². The second-order valence-electron chi connectivity index (χ2n) is 6.96. The number of hydrogen-bond donors (Lipinski definition) is 1. The van der Waals surface area contributed by atoms with Crippen LogP contribution in [-0.2, 0) is 0 Å². The van der Waals surface area contributed by atoms with Crippen LogP contribution in [0.25, 0.3) is 11.3 Å². The van der Waals surface area contributed by atoms with E-state index in [1.54, 1.807) is 12.3 Å². The molecule has 0 aliphatic carbocycles. The van der Waals surface area contributed by atoms with Gasteiger partial charge in [-0.05, 0) is 50.1 Å². The van der Waals surface area contributed by atoms with Gasteiger partial charge in [-0.3, -0.25) is 4.98 Å². The molecule has 1 aliphatic rings. The minimum absolute atomic E-state index is 0.686. The van der Waals surface area contributed by atoms with E-state index in [9.17, 15) is 0 Å². The van der Waals surface area contributed by atoms with Crippen molar-refractivity contribution < 1.29 is 0 Å². The van der Waals surface area contributed by atoms with Crippen LogP contribution in [0.1, 0.15) is 18.9 Å². The van der Waals surface area contributed by atoms with Crippen LogP contribution in [0.15, 0.2) is 72.5 Å². The second kappa shape index (κ2) is 9.19. The summed E-state index contributed by atoms with van der Waals surface area (Å²) in [6.45, 7) is 13.7. The molecule has 29 heavy (non-hydrogen) atoms. The van der Waals surface area contributed by atoms with Gasteiger partial charge in [0.2, 0.25) is 0 Å². The Balaban J connectivity index is 2.01. The Hall–Kier alpha value is -3.41. The van der Waals surface area contributed by atoms with E-state index in [1.165, 1.54) is 0 Å². The van der Waals surface area contributed by atoms with Crippen molar-refractivity contribution in [3.8, 4) is 11.3 Å². The number of nitrogens with zero attached hydrogens (tertiary/aromatic N) is 5. The zero-order valence-electron chi connectivity index (χ0n) is 17.4. The highest BCUT2D eigenvalue weighted by Gasteiger charge is 2.23. The molecule has 0 radical (unpaired) electrons. The molecule has 0 bridgehead atoms. The van der Waals surface area contributed by atoms with Crippen molar-refractivity contribution in [1.82, 2.24) is 15.3 Å². The molecule has 6 nitrogen and oxygen atoms in total. The third-order valence-corrected chi connectivity index (χ3v) is 4.71. The summed E-state index contributed by atoms with van der Waals surface area (Å²) >= 11 is 0. The highest BCUT2D eigenvalue weighted by molar-refractivity contribution is 5.74. The van der Waals surface area contributed by atoms with Crippen LogP contribution in [0, 0.1) is 6.92 Å². The molecule has 0 aromatic carbocycles. The van der Waals surface area contributed by atoms with Gasteiger partial charge < -0.3 is 15.1 Å². The van der Waals surface area contributed by atoms with Gasteiger partial charge in [0.1, 0.15) is 11.6 Å². The Morgan fingerprint density at radius 2 is 2.10 bits per heavy atom. The number of anilines is 2. The zero-order valence-corrected chi connectivity index (χ0v) is 17.4. The maximum atomic E-state index is 5.00. The smallest absolute Gasteiger partial charge is 0.158 e. The van der Waals surface area contributed by atoms with Crippen molar-refractivity contribution in [2.75, 3.05) is 29.9 Å². The van der Waals surface area contributed by atoms with Crippen molar-refractivity contribution in [3.63, 3.8) is 0 Å². The SMILES string of the molecule is C=C/C=C(\N=C/C)NC(=C)N1CCCN(C)c2ccc(-c3cncc(C)c3)nc21. The second-order valence-corrected chi connectivity index (χ2v) is 6.96. The number of allylic oxidation sites excluding steroid dienone is 2. The molecular weight excluding hydrogens is 360 g/mol. The van der Waals surface area contributed by atoms with Crippen LogP contribution >= 0.6 is 0 Å². The summed E-state index contributed by atoms with van der Waals surface area (Å²) in [6, 6.07) is 6.27. The topological polar surface area (TPSA) is 56.7 Å². The first kappa shape index (κ1) is 20.3. The molecule has 1 aliphatic heterocycles. The maximum Gasteiger partial charge on any atom is 0.158 e. The lowest BCUT2D eigenvalue weighted by Gasteiger charge is -2.27. The van der Waals surface area contributed by atoms with Gasteiger partial charge in [-0.15, -0.1) is 0 Å². The first-order chi connectivity index (χ1) is 14.0. The van der Waals surface area contributed by atoms with Crippen molar-refractivity contribution >= 4 is 17.7 Å². The average molecular weight is 389 g/mol. The van der Waals surface area contributed by atoms with E-state index in [2.05, 4.69) is 63.5 Å². The van der Waals surface area contributed by atoms with Crippen LogP contribution in [0.3, 0.4) is 0 Å². The summed E-state index contributed by atoms with van der Waals surface area (Å²) in [4.78, 5) is 18.0. The number of fused-ring (bicyclic) bond motifs is 1. The summed E-state index contributed by atoms with van der Waals surface area (Å²) < 4.78 is 0. The lowest BCUT2D eigenvalue weighted by molar-refractivity contribution is 0.757. The fourth-order valence-electron chi connectivity index (χ4n) is 3.33. The summed E-state index contributed by atoms with van der Waals surface area (Å²) in [5.74, 6) is 2.29. The number of aromatic nitrogens is 2. The van der Waals surface area contributed by atoms with Gasteiger partial charge in [0, 0.05) is 44.3 Å². The average Bonchev–Trinajstić information content (AvgIpc) is 2.87. The predicted octanol–water partition coefficient (Wildman–Crippen LogP) is 4.28. The van der Waals surface area contributed by atoms with Gasteiger partial charge in [0.05, 0.1) is 11.4 Å². The van der Waals surface area contributed by atoms with Crippen molar-refractivity contribution in [1.29, 1.82) is 0 Å². The standard InChI is InChI=1S/C23H28N6/c1-6-9-22(25-7-2)26-18(4)29-13-8-12-28(5)21-11-10-20(27-23(21)29)19-14-17(3)15-24-16-19/h6-7,9-11,14-16,26H,1,4,8,12-13H2,2-3,5H3/b22-9+,25-7-. The normalized spacial score (nSPS) is 14.5. The molecule has 1 N–H and O–H groups in total. The van der Waals surface area contributed by atoms with E-state index < -0.39 is 0 Å². The largest absolute Gasteiger partial charge is 0.372 e. The molecule has 0 spiro atoms. The third-order valence-electron chi connectivity index (χ3n) is 4.71. The first-order valence-corrected chi connectivity index (χ1v) is 9.72. The predicted molar refractivity (Wildman–Crippen MR) is 122 cm³/mol. The van der Waals surface area contributed by atoms with Gasteiger partial charge >= 0.3 is 0 Å². The molecule has 0 amide bonds. The van der Waals surface area contributed by atoms with Gasteiger partial charge in [-0.2, -0.15) is 0 Å². The molecule has 2 aromatic rings. The molecule has 0 saturated heterocycles. The highest BCUT2D eigenvalue weighted by atomic mass is 15.3. The van der Waals surface area contributed by atoms with Gasteiger partial charge in [-0.25, -0.2) is 9.98 Å². The summed E-state index contributed by atoms with van der Waals surface area (Å²) in [7, 11) is 2.10. The van der Waals surface area contributed by atoms with Crippen molar-refractivity contribution in [2.45, 2.75) is 20.3 Å². The monoisotopic (exact) mass is 388 g/mol.